The molecule has 7 nitrogen and oxygen atoms in total. The summed E-state index contributed by atoms with van der Waals surface area (Å²) in [6.07, 6.45) is -2.42. The SMILES string of the molecule is NC(Cn1ncnn1)(c1ccc(F)cc1F)C(F)(F)c1ccc(-c2ccc(OCC(F)(F)F)cc2)cn1. The van der Waals surface area contributed by atoms with Gasteiger partial charge in [0.25, 0.3) is 0 Å². The molecule has 0 aliphatic heterocycles. The maximum Gasteiger partial charge on any atom is 0.422 e. The number of hydrogen-bond acceptors (Lipinski definition) is 6. The molecule has 0 saturated heterocycles. The van der Waals surface area contributed by atoms with Crippen molar-refractivity contribution < 1.29 is 35.5 Å². The quantitative estimate of drug-likeness (QED) is 0.338. The fourth-order valence-electron chi connectivity index (χ4n) is 3.58. The molecule has 2 N–H and O–H groups in total. The van der Waals surface area contributed by atoms with Gasteiger partial charge >= 0.3 is 12.1 Å². The first-order valence-electron chi connectivity index (χ1n) is 10.5. The lowest BCUT2D eigenvalue weighted by atomic mass is 9.82. The van der Waals surface area contributed by atoms with Crippen LogP contribution in [0.3, 0.4) is 0 Å². The van der Waals surface area contributed by atoms with E-state index in [0.29, 0.717) is 17.2 Å². The lowest BCUT2D eigenvalue weighted by Crippen LogP contribution is -2.55. The van der Waals surface area contributed by atoms with E-state index in [1.807, 2.05) is 0 Å². The van der Waals surface area contributed by atoms with Crippen LogP contribution in [0.5, 0.6) is 5.75 Å². The van der Waals surface area contributed by atoms with Crippen molar-refractivity contribution in [1.29, 1.82) is 0 Å². The highest BCUT2D eigenvalue weighted by molar-refractivity contribution is 5.63. The highest BCUT2D eigenvalue weighted by atomic mass is 19.4. The number of tetrazole rings is 1. The monoisotopic (exact) mass is 526 g/mol. The Morgan fingerprint density at radius 1 is 0.892 bits per heavy atom. The molecule has 2 aromatic carbocycles. The van der Waals surface area contributed by atoms with Gasteiger partial charge in [-0.1, -0.05) is 24.3 Å². The van der Waals surface area contributed by atoms with Crippen molar-refractivity contribution in [3.63, 3.8) is 0 Å². The van der Waals surface area contributed by atoms with E-state index in [9.17, 15) is 22.0 Å². The Kier molecular flexibility index (Phi) is 6.86. The van der Waals surface area contributed by atoms with Crippen molar-refractivity contribution in [3.05, 3.63) is 90.0 Å². The third kappa shape index (κ3) is 5.53. The van der Waals surface area contributed by atoms with E-state index < -0.39 is 53.7 Å². The standard InChI is InChI=1S/C23H17F7N6O/c24-16-4-7-18(19(25)9-16)21(31,11-36-34-13-33-35-36)23(29,30)20-8-3-15(10-32-20)14-1-5-17(6-2-14)37-12-22(26,27)28/h1-10,13H,11-12,31H2. The van der Waals surface area contributed by atoms with Gasteiger partial charge in [-0.2, -0.15) is 26.7 Å². The molecule has 0 fully saturated rings. The number of pyridine rings is 1. The van der Waals surface area contributed by atoms with Gasteiger partial charge in [0.1, 0.15) is 28.6 Å². The lowest BCUT2D eigenvalue weighted by molar-refractivity contribution is -0.153. The molecule has 37 heavy (non-hydrogen) atoms. The highest BCUT2D eigenvalue weighted by Crippen LogP contribution is 2.45. The molecule has 0 bridgehead atoms. The molecule has 0 amide bonds. The minimum absolute atomic E-state index is 0.0341. The van der Waals surface area contributed by atoms with Crippen LogP contribution in [0.2, 0.25) is 0 Å². The molecule has 194 valence electrons. The van der Waals surface area contributed by atoms with Gasteiger partial charge in [0.15, 0.2) is 12.9 Å². The molecule has 2 heterocycles. The zero-order valence-electron chi connectivity index (χ0n) is 18.6. The summed E-state index contributed by atoms with van der Waals surface area (Å²) in [5, 5.41) is 10.6. The van der Waals surface area contributed by atoms with E-state index >= 15 is 8.78 Å². The van der Waals surface area contributed by atoms with Crippen molar-refractivity contribution in [2.45, 2.75) is 24.2 Å². The van der Waals surface area contributed by atoms with E-state index in [1.165, 1.54) is 30.3 Å². The summed E-state index contributed by atoms with van der Waals surface area (Å²) < 4.78 is 101. The van der Waals surface area contributed by atoms with E-state index in [-0.39, 0.29) is 5.75 Å². The van der Waals surface area contributed by atoms with Gasteiger partial charge in [0.2, 0.25) is 0 Å². The molecule has 14 heteroatoms. The molecule has 4 aromatic rings. The van der Waals surface area contributed by atoms with Gasteiger partial charge in [-0.15, -0.1) is 10.2 Å². The second kappa shape index (κ2) is 9.76. The normalized spacial score (nSPS) is 13.8. The van der Waals surface area contributed by atoms with Crippen LogP contribution in [0.25, 0.3) is 11.1 Å². The van der Waals surface area contributed by atoms with Crippen molar-refractivity contribution in [2.24, 2.45) is 5.73 Å². The fraction of sp³-hybridized carbons (Fsp3) is 0.217. The third-order valence-electron chi connectivity index (χ3n) is 5.43. The number of nitrogens with zero attached hydrogens (tertiary/aromatic N) is 5. The van der Waals surface area contributed by atoms with Crippen LogP contribution in [0, 0.1) is 11.6 Å². The second-order valence-corrected chi connectivity index (χ2v) is 8.00. The Hall–Kier alpha value is -4.07. The van der Waals surface area contributed by atoms with Crippen molar-refractivity contribution in [2.75, 3.05) is 6.61 Å². The summed E-state index contributed by atoms with van der Waals surface area (Å²) in [6.45, 7) is -2.29. The third-order valence-corrected chi connectivity index (χ3v) is 5.43. The maximum atomic E-state index is 15.9. The minimum Gasteiger partial charge on any atom is -0.484 e. The summed E-state index contributed by atoms with van der Waals surface area (Å²) in [5.74, 6) is -6.34. The van der Waals surface area contributed by atoms with Crippen molar-refractivity contribution in [1.82, 2.24) is 25.2 Å². The molecule has 0 radical (unpaired) electrons. The van der Waals surface area contributed by atoms with Crippen LogP contribution in [0.1, 0.15) is 11.3 Å². The van der Waals surface area contributed by atoms with Crippen LogP contribution in [0.4, 0.5) is 30.7 Å². The largest absolute Gasteiger partial charge is 0.484 e. The number of aromatic nitrogens is 5. The number of rotatable bonds is 8. The molecular formula is C23H17F7N6O. The number of hydrogen-bond donors (Lipinski definition) is 1. The van der Waals surface area contributed by atoms with Gasteiger partial charge in [0.05, 0.1) is 6.54 Å². The first kappa shape index (κ1) is 26.0. The molecule has 0 aliphatic rings. The molecule has 0 aliphatic carbocycles. The summed E-state index contributed by atoms with van der Waals surface area (Å²) >= 11 is 0. The summed E-state index contributed by atoms with van der Waals surface area (Å²) in [7, 11) is 0. The lowest BCUT2D eigenvalue weighted by Gasteiger charge is -2.36. The molecule has 1 unspecified atom stereocenters. The zero-order valence-corrected chi connectivity index (χ0v) is 18.6. The first-order valence-corrected chi connectivity index (χ1v) is 10.5. The molecule has 0 spiro atoms. The Labute approximate surface area is 204 Å². The predicted octanol–water partition coefficient (Wildman–Crippen LogP) is 4.60. The Balaban J connectivity index is 1.64. The van der Waals surface area contributed by atoms with Gasteiger partial charge in [-0.25, -0.2) is 8.78 Å². The van der Waals surface area contributed by atoms with Crippen LogP contribution in [-0.2, 0) is 18.0 Å². The van der Waals surface area contributed by atoms with Gasteiger partial charge < -0.3 is 10.5 Å². The summed E-state index contributed by atoms with van der Waals surface area (Å²) in [5.41, 5.74) is 2.60. The van der Waals surface area contributed by atoms with Crippen molar-refractivity contribution >= 4 is 0 Å². The van der Waals surface area contributed by atoms with Gasteiger partial charge in [0, 0.05) is 23.4 Å². The Morgan fingerprint density at radius 3 is 2.16 bits per heavy atom. The smallest absolute Gasteiger partial charge is 0.422 e. The Bertz CT molecular complexity index is 1350. The first-order chi connectivity index (χ1) is 17.4. The average Bonchev–Trinajstić information content (AvgIpc) is 3.35. The average molecular weight is 526 g/mol. The zero-order chi connectivity index (χ0) is 26.8. The molecule has 1 atom stereocenters. The number of benzene rings is 2. The summed E-state index contributed by atoms with van der Waals surface area (Å²) in [6, 6.07) is 9.73. The van der Waals surface area contributed by atoms with Gasteiger partial charge in [-0.3, -0.25) is 4.98 Å². The summed E-state index contributed by atoms with van der Waals surface area (Å²) in [4.78, 5) is 4.56. The minimum atomic E-state index is -4.50. The van der Waals surface area contributed by atoms with E-state index in [1.54, 1.807) is 0 Å². The molecular weight excluding hydrogens is 509 g/mol. The second-order valence-electron chi connectivity index (χ2n) is 8.00. The number of alkyl halides is 5. The highest BCUT2D eigenvalue weighted by Gasteiger charge is 2.56. The van der Waals surface area contributed by atoms with E-state index in [2.05, 4.69) is 25.1 Å². The van der Waals surface area contributed by atoms with Crippen LogP contribution in [0.15, 0.2) is 67.1 Å². The predicted molar refractivity (Wildman–Crippen MR) is 115 cm³/mol. The topological polar surface area (TPSA) is 91.7 Å². The van der Waals surface area contributed by atoms with E-state index in [0.717, 1.165) is 35.5 Å². The number of nitrogens with two attached hydrogens (primary N) is 1. The van der Waals surface area contributed by atoms with E-state index in [4.69, 9.17) is 5.73 Å². The van der Waals surface area contributed by atoms with Crippen LogP contribution < -0.4 is 10.5 Å². The Morgan fingerprint density at radius 2 is 1.59 bits per heavy atom. The van der Waals surface area contributed by atoms with Gasteiger partial charge in [-0.05, 0) is 35.0 Å². The van der Waals surface area contributed by atoms with Crippen LogP contribution in [-0.4, -0.2) is 38.0 Å². The van der Waals surface area contributed by atoms with Crippen molar-refractivity contribution in [3.8, 4) is 16.9 Å². The van der Waals surface area contributed by atoms with Crippen LogP contribution >= 0.6 is 0 Å². The molecule has 4 rings (SSSR count). The number of ether oxygens (including phenoxy) is 1. The maximum absolute atomic E-state index is 15.9. The molecule has 2 aromatic heterocycles. The molecule has 0 saturated carbocycles. The number of halogens is 7. The fourth-order valence-corrected chi connectivity index (χ4v) is 3.58.